The smallest absolute Gasteiger partial charge is 0.223 e. The summed E-state index contributed by atoms with van der Waals surface area (Å²) in [6.45, 7) is 0. The molecule has 1 heterocycles. The Morgan fingerprint density at radius 1 is 1.67 bits per heavy atom. The van der Waals surface area contributed by atoms with Crippen molar-refractivity contribution in [1.82, 2.24) is 5.32 Å². The topological polar surface area (TPSA) is 29.1 Å². The molecule has 0 aromatic rings. The van der Waals surface area contributed by atoms with Crippen LogP contribution >= 0.6 is 0 Å². The monoisotopic (exact) mass is 124 g/mol. The van der Waals surface area contributed by atoms with E-state index in [1.807, 2.05) is 0 Å². The molecule has 0 spiro atoms. The Morgan fingerprint density at radius 2 is 2.56 bits per heavy atom. The van der Waals surface area contributed by atoms with Gasteiger partial charge in [-0.2, -0.15) is 0 Å². The van der Waals surface area contributed by atoms with Crippen molar-refractivity contribution >= 4 is 5.91 Å². The fraction of sp³-hybridized carbons (Fsp3) is 0.714. The average Bonchev–Trinajstić information content (AvgIpc) is 2.09. The van der Waals surface area contributed by atoms with E-state index in [-0.39, 0.29) is 5.91 Å². The fourth-order valence-electron chi connectivity index (χ4n) is 1.68. The molecule has 1 aliphatic carbocycles. The Bertz CT molecular complexity index is 144. The van der Waals surface area contributed by atoms with Gasteiger partial charge in [0.1, 0.15) is 0 Å². The van der Waals surface area contributed by atoms with Gasteiger partial charge in [-0.1, -0.05) is 0 Å². The van der Waals surface area contributed by atoms with Crippen molar-refractivity contribution in [1.29, 1.82) is 0 Å². The van der Waals surface area contributed by atoms with E-state index in [2.05, 4.69) is 11.7 Å². The van der Waals surface area contributed by atoms with Crippen LogP contribution in [0.25, 0.3) is 0 Å². The Balaban J connectivity index is 2.15. The fourth-order valence-corrected chi connectivity index (χ4v) is 1.68. The maximum Gasteiger partial charge on any atom is 0.223 e. The van der Waals surface area contributed by atoms with Crippen molar-refractivity contribution < 1.29 is 4.79 Å². The summed E-state index contributed by atoms with van der Waals surface area (Å²) in [4.78, 5) is 10.9. The van der Waals surface area contributed by atoms with Gasteiger partial charge in [0, 0.05) is 12.0 Å². The van der Waals surface area contributed by atoms with Crippen molar-refractivity contribution in [3.8, 4) is 0 Å². The summed E-state index contributed by atoms with van der Waals surface area (Å²) in [6.07, 6.45) is 5.46. The molecule has 1 aliphatic heterocycles. The van der Waals surface area contributed by atoms with E-state index in [1.165, 1.54) is 0 Å². The number of amides is 1. The molecule has 9 heavy (non-hydrogen) atoms. The Hall–Kier alpha value is -0.530. The molecule has 2 rings (SSSR count). The molecule has 2 nitrogen and oxygen atoms in total. The minimum absolute atomic E-state index is 0.272. The van der Waals surface area contributed by atoms with Crippen LogP contribution in [-0.4, -0.2) is 11.9 Å². The lowest BCUT2D eigenvalue weighted by Crippen LogP contribution is -2.24. The number of carbonyl (C=O) groups excluding carboxylic acids is 1. The number of fused-ring (bicyclic) bond motifs is 2. The van der Waals surface area contributed by atoms with Gasteiger partial charge in [0.05, 0.1) is 0 Å². The number of hydrogen-bond donors (Lipinski definition) is 1. The lowest BCUT2D eigenvalue weighted by atomic mass is 9.90. The molecule has 2 aliphatic rings. The molecule has 2 atom stereocenters. The van der Waals surface area contributed by atoms with Crippen molar-refractivity contribution in [2.45, 2.75) is 25.3 Å². The molecule has 2 heteroatoms. The largest absolute Gasteiger partial charge is 0.353 e. The van der Waals surface area contributed by atoms with Crippen molar-refractivity contribution in [3.63, 3.8) is 0 Å². The summed E-state index contributed by atoms with van der Waals surface area (Å²) >= 11 is 0. The van der Waals surface area contributed by atoms with Gasteiger partial charge in [-0.25, -0.2) is 0 Å². The van der Waals surface area contributed by atoms with Crippen molar-refractivity contribution in [3.05, 3.63) is 6.42 Å². The number of hydrogen-bond acceptors (Lipinski definition) is 1. The Kier molecular flexibility index (Phi) is 1.01. The van der Waals surface area contributed by atoms with Gasteiger partial charge < -0.3 is 5.32 Å². The van der Waals surface area contributed by atoms with Crippen LogP contribution in [0.15, 0.2) is 0 Å². The first-order valence-electron chi connectivity index (χ1n) is 3.50. The van der Waals surface area contributed by atoms with Gasteiger partial charge >= 0.3 is 0 Å². The van der Waals surface area contributed by atoms with Crippen molar-refractivity contribution in [2.24, 2.45) is 5.92 Å². The molecule has 2 fully saturated rings. The third-order valence-corrected chi connectivity index (χ3v) is 2.20. The second-order valence-corrected chi connectivity index (χ2v) is 2.86. The molecule has 2 unspecified atom stereocenters. The van der Waals surface area contributed by atoms with Crippen LogP contribution in [0, 0.1) is 12.3 Å². The summed E-state index contributed by atoms with van der Waals surface area (Å²) in [5.74, 6) is 0.619. The molecular weight excluding hydrogens is 114 g/mol. The van der Waals surface area contributed by atoms with E-state index in [9.17, 15) is 4.79 Å². The van der Waals surface area contributed by atoms with Crippen LogP contribution in [0.4, 0.5) is 0 Å². The molecule has 1 radical (unpaired) electrons. The first-order valence-corrected chi connectivity index (χ1v) is 3.50. The molecule has 0 aromatic heterocycles. The lowest BCUT2D eigenvalue weighted by molar-refractivity contribution is -0.122. The lowest BCUT2D eigenvalue weighted by Gasteiger charge is -2.13. The first-order chi connectivity index (χ1) is 4.36. The van der Waals surface area contributed by atoms with E-state index in [1.54, 1.807) is 0 Å². The van der Waals surface area contributed by atoms with Gasteiger partial charge in [0.15, 0.2) is 0 Å². The average molecular weight is 124 g/mol. The summed E-state index contributed by atoms with van der Waals surface area (Å²) in [6, 6.07) is 0.413. The minimum atomic E-state index is 0.272. The molecule has 0 aromatic carbocycles. The summed E-state index contributed by atoms with van der Waals surface area (Å²) in [5, 5.41) is 2.92. The molecule has 2 bridgehead atoms. The quantitative estimate of drug-likeness (QED) is 0.500. The minimum Gasteiger partial charge on any atom is -0.353 e. The van der Waals surface area contributed by atoms with E-state index < -0.39 is 0 Å². The van der Waals surface area contributed by atoms with Crippen molar-refractivity contribution in [2.75, 3.05) is 0 Å². The maximum absolute atomic E-state index is 10.9. The van der Waals surface area contributed by atoms with Crippen LogP contribution in [0.1, 0.15) is 19.3 Å². The Labute approximate surface area is 54.6 Å². The third kappa shape index (κ3) is 0.732. The third-order valence-electron chi connectivity index (χ3n) is 2.20. The second kappa shape index (κ2) is 1.72. The van der Waals surface area contributed by atoms with E-state index in [0.29, 0.717) is 12.0 Å². The predicted octanol–water partition coefficient (Wildman–Crippen LogP) is 0.489. The van der Waals surface area contributed by atoms with Gasteiger partial charge in [0.25, 0.3) is 0 Å². The van der Waals surface area contributed by atoms with Crippen LogP contribution in [-0.2, 0) is 4.79 Å². The highest BCUT2D eigenvalue weighted by Crippen LogP contribution is 2.28. The summed E-state index contributed by atoms with van der Waals surface area (Å²) in [7, 11) is 0. The SMILES string of the molecule is O=C1NC2[CH]CCC1C2. The molecule has 1 N–H and O–H groups in total. The standard InChI is InChI=1S/C7H10NO/c9-7-5-2-1-3-6(4-5)8-7/h3,5-6H,1-2,4H2,(H,8,9). The van der Waals surface area contributed by atoms with Gasteiger partial charge in [0.2, 0.25) is 5.91 Å². The highest BCUT2D eigenvalue weighted by atomic mass is 16.2. The summed E-state index contributed by atoms with van der Waals surface area (Å²) in [5.41, 5.74) is 0. The van der Waals surface area contributed by atoms with Gasteiger partial charge in [-0.3, -0.25) is 4.79 Å². The van der Waals surface area contributed by atoms with Gasteiger partial charge in [-0.15, -0.1) is 0 Å². The molecule has 1 saturated heterocycles. The van der Waals surface area contributed by atoms with Crippen LogP contribution < -0.4 is 5.32 Å². The highest BCUT2D eigenvalue weighted by Gasteiger charge is 2.34. The van der Waals surface area contributed by atoms with E-state index in [4.69, 9.17) is 0 Å². The maximum atomic E-state index is 10.9. The Morgan fingerprint density at radius 3 is 3.22 bits per heavy atom. The highest BCUT2D eigenvalue weighted by molar-refractivity contribution is 5.81. The van der Waals surface area contributed by atoms with Crippen LogP contribution in [0.3, 0.4) is 0 Å². The van der Waals surface area contributed by atoms with Gasteiger partial charge in [-0.05, 0) is 25.7 Å². The van der Waals surface area contributed by atoms with Crippen LogP contribution in [0.5, 0.6) is 0 Å². The van der Waals surface area contributed by atoms with Crippen LogP contribution in [0.2, 0.25) is 0 Å². The number of nitrogens with one attached hydrogen (secondary N) is 1. The molecule has 49 valence electrons. The molecular formula is C7H10NO. The first kappa shape index (κ1) is 5.27. The predicted molar refractivity (Wildman–Crippen MR) is 33.6 cm³/mol. The molecule has 1 amide bonds. The zero-order valence-electron chi connectivity index (χ0n) is 5.26. The summed E-state index contributed by atoms with van der Waals surface area (Å²) < 4.78 is 0. The molecule has 1 saturated carbocycles. The van der Waals surface area contributed by atoms with E-state index >= 15 is 0 Å². The normalized spacial score (nSPS) is 40.7. The zero-order valence-corrected chi connectivity index (χ0v) is 5.26. The number of rotatable bonds is 0. The zero-order chi connectivity index (χ0) is 6.27. The number of carbonyl (C=O) groups is 1. The second-order valence-electron chi connectivity index (χ2n) is 2.86. The van der Waals surface area contributed by atoms with E-state index in [0.717, 1.165) is 19.3 Å².